The summed E-state index contributed by atoms with van der Waals surface area (Å²) in [6.07, 6.45) is 3.59. The maximum Gasteiger partial charge on any atom is 0.336 e. The van der Waals surface area contributed by atoms with Crippen LogP contribution in [-0.2, 0) is 16.1 Å². The molecule has 7 nitrogen and oxygen atoms in total. The van der Waals surface area contributed by atoms with Crippen LogP contribution in [0.2, 0.25) is 5.02 Å². The summed E-state index contributed by atoms with van der Waals surface area (Å²) in [5.74, 6) is -1.52. The first kappa shape index (κ1) is 19.6. The molecular formula is C21H21ClN2O5. The third-order valence-electron chi connectivity index (χ3n) is 5.92. The summed E-state index contributed by atoms with van der Waals surface area (Å²) in [7, 11) is 0. The minimum Gasteiger partial charge on any atom is -0.423 e. The number of aryl methyl sites for hydroxylation is 1. The zero-order valence-electron chi connectivity index (χ0n) is 16.2. The molecule has 1 saturated carbocycles. The number of amides is 4. The van der Waals surface area contributed by atoms with E-state index < -0.39 is 23.5 Å². The molecule has 4 amide bonds. The molecule has 1 aromatic carbocycles. The fourth-order valence-electron chi connectivity index (χ4n) is 4.28. The molecule has 0 spiro atoms. The molecule has 0 unspecified atom stereocenters. The van der Waals surface area contributed by atoms with Gasteiger partial charge >= 0.3 is 23.5 Å². The standard InChI is InChI=1S/C21H21ClN2O5/c1-11-5-3-4-6-16(11)24-20(27)19(26)23(21(24)28)10-13-8-18(25)29-17-7-12(2)15(22)9-14(13)17/h7-9,11,16H,3-6,10H2,1-2H3/t11-,16+/m1/s1. The molecule has 1 aromatic heterocycles. The van der Waals surface area contributed by atoms with Gasteiger partial charge in [0.1, 0.15) is 5.58 Å². The maximum atomic E-state index is 13.0. The van der Waals surface area contributed by atoms with Crippen molar-refractivity contribution in [3.8, 4) is 0 Å². The molecule has 1 aliphatic carbocycles. The lowest BCUT2D eigenvalue weighted by Crippen LogP contribution is -2.46. The van der Waals surface area contributed by atoms with Crippen LogP contribution in [0.15, 0.2) is 27.4 Å². The molecule has 8 heteroatoms. The van der Waals surface area contributed by atoms with Gasteiger partial charge < -0.3 is 4.42 Å². The van der Waals surface area contributed by atoms with Crippen LogP contribution in [0.3, 0.4) is 0 Å². The van der Waals surface area contributed by atoms with Crippen molar-refractivity contribution < 1.29 is 18.8 Å². The molecule has 2 atom stereocenters. The number of rotatable bonds is 3. The highest BCUT2D eigenvalue weighted by Crippen LogP contribution is 2.32. The van der Waals surface area contributed by atoms with Crippen LogP contribution in [0.4, 0.5) is 4.79 Å². The van der Waals surface area contributed by atoms with Crippen LogP contribution >= 0.6 is 11.6 Å². The van der Waals surface area contributed by atoms with Crippen LogP contribution in [0, 0.1) is 12.8 Å². The van der Waals surface area contributed by atoms with E-state index >= 15 is 0 Å². The van der Waals surface area contributed by atoms with Crippen molar-refractivity contribution in [3.05, 3.63) is 44.8 Å². The maximum absolute atomic E-state index is 13.0. The van der Waals surface area contributed by atoms with Gasteiger partial charge in [0.2, 0.25) is 0 Å². The van der Waals surface area contributed by atoms with E-state index in [1.807, 2.05) is 6.92 Å². The first-order valence-corrected chi connectivity index (χ1v) is 10.1. The van der Waals surface area contributed by atoms with Gasteiger partial charge in [-0.25, -0.2) is 9.59 Å². The number of carbonyl (C=O) groups is 3. The van der Waals surface area contributed by atoms with Gasteiger partial charge in [-0.1, -0.05) is 31.4 Å². The molecule has 4 rings (SSSR count). The fourth-order valence-corrected chi connectivity index (χ4v) is 4.45. The summed E-state index contributed by atoms with van der Waals surface area (Å²) in [4.78, 5) is 52.2. The smallest absolute Gasteiger partial charge is 0.336 e. The Hall–Kier alpha value is -2.67. The quantitative estimate of drug-likeness (QED) is 0.433. The second-order valence-corrected chi connectivity index (χ2v) is 8.27. The SMILES string of the molecule is Cc1cc2oc(=O)cc(CN3C(=O)C(=O)N([C@H]4CCCC[C@H]4C)C3=O)c2cc1Cl. The molecule has 1 aliphatic heterocycles. The van der Waals surface area contributed by atoms with Crippen LogP contribution < -0.4 is 5.63 Å². The summed E-state index contributed by atoms with van der Waals surface area (Å²) in [5, 5.41) is 0.998. The first-order valence-electron chi connectivity index (χ1n) is 9.70. The van der Waals surface area contributed by atoms with E-state index in [1.165, 1.54) is 6.07 Å². The molecule has 2 heterocycles. The normalized spacial score (nSPS) is 22.8. The van der Waals surface area contributed by atoms with Gasteiger partial charge in [-0.2, -0.15) is 0 Å². The van der Waals surface area contributed by atoms with E-state index in [0.717, 1.165) is 34.6 Å². The lowest BCUT2D eigenvalue weighted by molar-refractivity contribution is -0.144. The van der Waals surface area contributed by atoms with Gasteiger partial charge in [0.05, 0.1) is 6.54 Å². The third-order valence-corrected chi connectivity index (χ3v) is 6.33. The van der Waals surface area contributed by atoms with Gasteiger partial charge in [-0.3, -0.25) is 19.4 Å². The van der Waals surface area contributed by atoms with E-state index in [-0.39, 0.29) is 18.5 Å². The Bertz CT molecular complexity index is 1090. The first-order chi connectivity index (χ1) is 13.8. The highest BCUT2D eigenvalue weighted by atomic mass is 35.5. The van der Waals surface area contributed by atoms with Crippen molar-refractivity contribution in [1.29, 1.82) is 0 Å². The van der Waals surface area contributed by atoms with Crippen LogP contribution in [0.1, 0.15) is 43.7 Å². The van der Waals surface area contributed by atoms with Crippen LogP contribution in [0.25, 0.3) is 11.0 Å². The molecule has 1 saturated heterocycles. The molecular weight excluding hydrogens is 396 g/mol. The highest BCUT2D eigenvalue weighted by Gasteiger charge is 2.49. The van der Waals surface area contributed by atoms with Gasteiger partial charge in [-0.05, 0) is 48.9 Å². The van der Waals surface area contributed by atoms with E-state index in [9.17, 15) is 19.2 Å². The van der Waals surface area contributed by atoms with Crippen molar-refractivity contribution in [2.45, 2.75) is 52.1 Å². The number of hydrogen-bond donors (Lipinski definition) is 0. The molecule has 2 aliphatic rings. The average molecular weight is 417 g/mol. The second-order valence-electron chi connectivity index (χ2n) is 7.87. The Balaban J connectivity index is 1.70. The predicted molar refractivity (Wildman–Crippen MR) is 106 cm³/mol. The minimum atomic E-state index is -0.868. The fraction of sp³-hybridized carbons (Fsp3) is 0.429. The van der Waals surface area contributed by atoms with Gasteiger partial charge in [0.25, 0.3) is 0 Å². The summed E-state index contributed by atoms with van der Waals surface area (Å²) in [6, 6.07) is 3.60. The molecule has 29 heavy (non-hydrogen) atoms. The van der Waals surface area contributed by atoms with E-state index in [0.29, 0.717) is 28.0 Å². The number of benzene rings is 1. The third kappa shape index (κ3) is 3.33. The summed E-state index contributed by atoms with van der Waals surface area (Å²) < 4.78 is 5.23. The van der Waals surface area contributed by atoms with Crippen LogP contribution in [0.5, 0.6) is 0 Å². The largest absolute Gasteiger partial charge is 0.423 e. The Labute approximate surface area is 172 Å². The number of nitrogens with zero attached hydrogens (tertiary/aromatic N) is 2. The Morgan fingerprint density at radius 2 is 1.79 bits per heavy atom. The van der Waals surface area contributed by atoms with Gasteiger partial charge in [0, 0.05) is 22.5 Å². The van der Waals surface area contributed by atoms with E-state index in [2.05, 4.69) is 0 Å². The van der Waals surface area contributed by atoms with Crippen molar-refractivity contribution in [1.82, 2.24) is 9.80 Å². The number of fused-ring (bicyclic) bond motifs is 1. The number of hydrogen-bond acceptors (Lipinski definition) is 5. The second kappa shape index (κ2) is 7.30. The minimum absolute atomic E-state index is 0.149. The number of imide groups is 2. The predicted octanol–water partition coefficient (Wildman–Crippen LogP) is 3.62. The summed E-state index contributed by atoms with van der Waals surface area (Å²) in [5.41, 5.74) is 0.863. The van der Waals surface area contributed by atoms with Crippen molar-refractivity contribution in [2.24, 2.45) is 5.92 Å². The zero-order chi connectivity index (χ0) is 20.9. The highest BCUT2D eigenvalue weighted by molar-refractivity contribution is 6.44. The van der Waals surface area contributed by atoms with Crippen molar-refractivity contribution in [2.75, 3.05) is 0 Å². The van der Waals surface area contributed by atoms with Crippen LogP contribution in [-0.4, -0.2) is 33.7 Å². The number of urea groups is 1. The van der Waals surface area contributed by atoms with E-state index in [1.54, 1.807) is 19.1 Å². The molecule has 2 aromatic rings. The molecule has 0 bridgehead atoms. The zero-order valence-corrected chi connectivity index (χ0v) is 17.0. The number of carbonyl (C=O) groups excluding carboxylic acids is 3. The Morgan fingerprint density at radius 1 is 1.07 bits per heavy atom. The lowest BCUT2D eigenvalue weighted by Gasteiger charge is -2.34. The number of halogens is 1. The lowest BCUT2D eigenvalue weighted by atomic mass is 9.85. The van der Waals surface area contributed by atoms with Gasteiger partial charge in [0.15, 0.2) is 0 Å². The molecule has 2 fully saturated rings. The Morgan fingerprint density at radius 3 is 2.52 bits per heavy atom. The van der Waals surface area contributed by atoms with Crippen molar-refractivity contribution >= 4 is 40.4 Å². The average Bonchev–Trinajstić information content (AvgIpc) is 2.87. The van der Waals surface area contributed by atoms with Gasteiger partial charge in [-0.15, -0.1) is 0 Å². The topological polar surface area (TPSA) is 87.9 Å². The summed E-state index contributed by atoms with van der Waals surface area (Å²) in [6.45, 7) is 3.59. The molecule has 152 valence electrons. The summed E-state index contributed by atoms with van der Waals surface area (Å²) >= 11 is 6.21. The van der Waals surface area contributed by atoms with E-state index in [4.69, 9.17) is 16.0 Å². The molecule has 0 radical (unpaired) electrons. The monoisotopic (exact) mass is 416 g/mol. The Kier molecular flexibility index (Phi) is 4.94. The van der Waals surface area contributed by atoms with Crippen molar-refractivity contribution in [3.63, 3.8) is 0 Å². The molecule has 0 N–H and O–H groups in total.